The second-order valence-corrected chi connectivity index (χ2v) is 7.08. The summed E-state index contributed by atoms with van der Waals surface area (Å²) in [7, 11) is 1.99. The number of ether oxygens (including phenoxy) is 1. The summed E-state index contributed by atoms with van der Waals surface area (Å²) in [4.78, 5) is 19.1. The number of halogens is 2. The largest absolute Gasteiger partial charge is 0.494 e. The van der Waals surface area contributed by atoms with Crippen LogP contribution in [0.4, 0.5) is 0 Å². The maximum Gasteiger partial charge on any atom is 0.228 e. The van der Waals surface area contributed by atoms with Gasteiger partial charge in [-0.2, -0.15) is 0 Å². The van der Waals surface area contributed by atoms with E-state index in [9.17, 15) is 4.79 Å². The molecule has 2 aromatic rings. The molecule has 2 heterocycles. The maximum atomic E-state index is 12.5. The van der Waals surface area contributed by atoms with Crippen molar-refractivity contribution in [3.63, 3.8) is 0 Å². The quantitative estimate of drug-likeness (QED) is 0.755. The maximum absolute atomic E-state index is 12.5. The van der Waals surface area contributed by atoms with Gasteiger partial charge < -0.3 is 15.0 Å². The molecule has 1 fully saturated rings. The van der Waals surface area contributed by atoms with E-state index in [-0.39, 0.29) is 30.7 Å². The third-order valence-electron chi connectivity index (χ3n) is 4.55. The first kappa shape index (κ1) is 23.7. The predicted octanol–water partition coefficient (Wildman–Crippen LogP) is 3.81. The Balaban J connectivity index is 0.00000182. The first-order valence-electron chi connectivity index (χ1n) is 8.82. The molecule has 1 amide bonds. The Hall–Kier alpha value is -1.34. The van der Waals surface area contributed by atoms with E-state index in [1.165, 1.54) is 0 Å². The zero-order valence-corrected chi connectivity index (χ0v) is 18.1. The molecule has 0 aliphatic carbocycles. The van der Waals surface area contributed by atoms with Gasteiger partial charge in [0.15, 0.2) is 0 Å². The molecule has 27 heavy (non-hydrogen) atoms. The minimum Gasteiger partial charge on any atom is -0.494 e. The topological polar surface area (TPSA) is 54.5 Å². The molecule has 8 heteroatoms. The van der Waals surface area contributed by atoms with Gasteiger partial charge in [-0.1, -0.05) is 0 Å². The Morgan fingerprint density at radius 1 is 1.26 bits per heavy atom. The molecule has 1 aliphatic heterocycles. The van der Waals surface area contributed by atoms with Crippen LogP contribution >= 0.6 is 36.2 Å². The molecule has 0 saturated carbocycles. The van der Waals surface area contributed by atoms with Crippen LogP contribution in [0, 0.1) is 0 Å². The van der Waals surface area contributed by atoms with Gasteiger partial charge in [-0.15, -0.1) is 36.2 Å². The summed E-state index contributed by atoms with van der Waals surface area (Å²) in [6.45, 7) is 4.30. The molecule has 5 nitrogen and oxygen atoms in total. The third-order valence-corrected chi connectivity index (χ3v) is 5.49. The van der Waals surface area contributed by atoms with Crippen LogP contribution < -0.4 is 10.1 Å². The molecule has 0 bridgehead atoms. The summed E-state index contributed by atoms with van der Waals surface area (Å²) >= 11 is 1.58. The number of amides is 1. The van der Waals surface area contributed by atoms with Crippen molar-refractivity contribution in [1.29, 1.82) is 0 Å². The Labute approximate surface area is 177 Å². The molecule has 0 atom stereocenters. The van der Waals surface area contributed by atoms with Crippen molar-refractivity contribution in [1.82, 2.24) is 15.2 Å². The Kier molecular flexibility index (Phi) is 10.1. The van der Waals surface area contributed by atoms with E-state index in [2.05, 4.69) is 10.3 Å². The standard InChI is InChI=1S/C19H25N3O2S.2ClH/c1-3-24-17-6-4-14(5-7-17)19-21-16(13-25-19)12-18(23)22-10-8-15(20-2)9-11-22;;/h4-7,13,15,20H,3,8-12H2,1-2H3;2*1H. The van der Waals surface area contributed by atoms with Gasteiger partial charge in [0.25, 0.3) is 0 Å². The van der Waals surface area contributed by atoms with Crippen molar-refractivity contribution in [3.8, 4) is 16.3 Å². The first-order chi connectivity index (χ1) is 12.2. The fourth-order valence-electron chi connectivity index (χ4n) is 3.07. The van der Waals surface area contributed by atoms with Gasteiger partial charge >= 0.3 is 0 Å². The van der Waals surface area contributed by atoms with E-state index >= 15 is 0 Å². The zero-order valence-electron chi connectivity index (χ0n) is 15.6. The molecule has 0 unspecified atom stereocenters. The van der Waals surface area contributed by atoms with Crippen LogP contribution in [0.25, 0.3) is 10.6 Å². The molecule has 3 rings (SSSR count). The predicted molar refractivity (Wildman–Crippen MR) is 116 cm³/mol. The Morgan fingerprint density at radius 3 is 2.52 bits per heavy atom. The molecule has 0 radical (unpaired) electrons. The lowest BCUT2D eigenvalue weighted by molar-refractivity contribution is -0.131. The minimum atomic E-state index is 0. The number of hydrogen-bond donors (Lipinski definition) is 1. The average Bonchev–Trinajstić information content (AvgIpc) is 3.11. The van der Waals surface area contributed by atoms with Crippen molar-refractivity contribution in [2.24, 2.45) is 0 Å². The van der Waals surface area contributed by atoms with Crippen LogP contribution in [0.15, 0.2) is 29.6 Å². The number of aromatic nitrogens is 1. The summed E-state index contributed by atoms with van der Waals surface area (Å²) in [6.07, 6.45) is 2.44. The summed E-state index contributed by atoms with van der Waals surface area (Å²) in [5, 5.41) is 6.22. The van der Waals surface area contributed by atoms with E-state index in [1.807, 2.05) is 48.5 Å². The molecule has 150 valence electrons. The number of likely N-dealkylation sites (tertiary alicyclic amines) is 1. The fraction of sp³-hybridized carbons (Fsp3) is 0.474. The highest BCUT2D eigenvalue weighted by molar-refractivity contribution is 7.13. The second-order valence-electron chi connectivity index (χ2n) is 6.22. The molecule has 1 aromatic carbocycles. The van der Waals surface area contributed by atoms with E-state index in [0.717, 1.165) is 47.9 Å². The number of thiazole rings is 1. The van der Waals surface area contributed by atoms with Crippen LogP contribution in [-0.4, -0.2) is 48.6 Å². The van der Waals surface area contributed by atoms with Crippen molar-refractivity contribution in [2.45, 2.75) is 32.2 Å². The van der Waals surface area contributed by atoms with Gasteiger partial charge in [0.05, 0.1) is 18.7 Å². The van der Waals surface area contributed by atoms with E-state index in [0.29, 0.717) is 19.1 Å². The van der Waals surface area contributed by atoms with Gasteiger partial charge in [-0.25, -0.2) is 4.98 Å². The number of carbonyl (C=O) groups excluding carboxylic acids is 1. The normalized spacial score (nSPS) is 14.2. The zero-order chi connectivity index (χ0) is 17.6. The van der Waals surface area contributed by atoms with E-state index in [1.54, 1.807) is 11.3 Å². The smallest absolute Gasteiger partial charge is 0.228 e. The molecule has 1 N–H and O–H groups in total. The lowest BCUT2D eigenvalue weighted by Gasteiger charge is -2.31. The van der Waals surface area contributed by atoms with Gasteiger partial charge in [0.1, 0.15) is 10.8 Å². The van der Waals surface area contributed by atoms with Gasteiger partial charge in [-0.3, -0.25) is 4.79 Å². The Bertz CT molecular complexity index is 701. The second kappa shape index (κ2) is 11.5. The van der Waals surface area contributed by atoms with Crippen molar-refractivity contribution in [3.05, 3.63) is 35.3 Å². The number of carbonyl (C=O) groups is 1. The van der Waals surface area contributed by atoms with Crippen LogP contribution in [0.5, 0.6) is 5.75 Å². The molecule has 1 saturated heterocycles. The first-order valence-corrected chi connectivity index (χ1v) is 9.70. The number of rotatable bonds is 6. The lowest BCUT2D eigenvalue weighted by Crippen LogP contribution is -2.44. The molecule has 1 aromatic heterocycles. The summed E-state index contributed by atoms with van der Waals surface area (Å²) in [6, 6.07) is 8.47. The summed E-state index contributed by atoms with van der Waals surface area (Å²) < 4.78 is 5.47. The highest BCUT2D eigenvalue weighted by Gasteiger charge is 2.22. The number of hydrogen-bond acceptors (Lipinski definition) is 5. The fourth-order valence-corrected chi connectivity index (χ4v) is 3.89. The number of nitrogens with zero attached hydrogens (tertiary/aromatic N) is 2. The summed E-state index contributed by atoms with van der Waals surface area (Å²) in [5.74, 6) is 1.04. The lowest BCUT2D eigenvalue weighted by atomic mass is 10.0. The minimum absolute atomic E-state index is 0. The van der Waals surface area contributed by atoms with Crippen LogP contribution in [0.3, 0.4) is 0 Å². The van der Waals surface area contributed by atoms with Crippen molar-refractivity contribution >= 4 is 42.1 Å². The van der Waals surface area contributed by atoms with E-state index < -0.39 is 0 Å². The number of piperidine rings is 1. The van der Waals surface area contributed by atoms with Crippen molar-refractivity contribution < 1.29 is 9.53 Å². The van der Waals surface area contributed by atoms with Gasteiger partial charge in [-0.05, 0) is 51.1 Å². The highest BCUT2D eigenvalue weighted by Crippen LogP contribution is 2.26. The van der Waals surface area contributed by atoms with Crippen LogP contribution in [-0.2, 0) is 11.2 Å². The van der Waals surface area contributed by atoms with Gasteiger partial charge in [0.2, 0.25) is 5.91 Å². The Morgan fingerprint density at radius 2 is 1.93 bits per heavy atom. The van der Waals surface area contributed by atoms with Crippen LogP contribution in [0.2, 0.25) is 0 Å². The third kappa shape index (κ3) is 6.35. The van der Waals surface area contributed by atoms with Crippen LogP contribution in [0.1, 0.15) is 25.5 Å². The average molecular weight is 432 g/mol. The van der Waals surface area contributed by atoms with E-state index in [4.69, 9.17) is 4.74 Å². The van der Waals surface area contributed by atoms with Crippen molar-refractivity contribution in [2.75, 3.05) is 26.7 Å². The monoisotopic (exact) mass is 431 g/mol. The molecule has 0 spiro atoms. The molecular formula is C19H27Cl2N3O2S. The number of nitrogens with one attached hydrogen (secondary N) is 1. The molecular weight excluding hydrogens is 405 g/mol. The SMILES string of the molecule is CCOc1ccc(-c2nc(CC(=O)N3CCC(NC)CC3)cs2)cc1.Cl.Cl. The number of benzene rings is 1. The molecule has 1 aliphatic rings. The summed E-state index contributed by atoms with van der Waals surface area (Å²) in [5.41, 5.74) is 1.91. The van der Waals surface area contributed by atoms with Gasteiger partial charge in [0, 0.05) is 30.1 Å². The highest BCUT2D eigenvalue weighted by atomic mass is 35.5.